The van der Waals surface area contributed by atoms with Crippen LogP contribution in [0.25, 0.3) is 0 Å². The average molecular weight is 313 g/mol. The molecule has 2 aliphatic heterocycles. The molecule has 2 rings (SSSR count). The highest BCUT2D eigenvalue weighted by atomic mass is 32.2. The molecule has 6 heteroatoms. The molecular formula is C15H27N3O2S. The third-order valence-electron chi connectivity index (χ3n) is 4.25. The summed E-state index contributed by atoms with van der Waals surface area (Å²) in [7, 11) is 0. The zero-order valence-corrected chi connectivity index (χ0v) is 13.9. The van der Waals surface area contributed by atoms with Crippen molar-refractivity contribution in [2.24, 2.45) is 5.92 Å². The van der Waals surface area contributed by atoms with Crippen molar-refractivity contribution in [2.75, 3.05) is 31.1 Å². The number of hydrogen-bond acceptors (Lipinski definition) is 4. The molecule has 1 unspecified atom stereocenters. The molecule has 1 atom stereocenters. The Morgan fingerprint density at radius 2 is 1.90 bits per heavy atom. The van der Waals surface area contributed by atoms with Crippen LogP contribution in [0.2, 0.25) is 0 Å². The maximum Gasteiger partial charge on any atom is 0.309 e. The van der Waals surface area contributed by atoms with Crippen LogP contribution in [0.4, 0.5) is 0 Å². The van der Waals surface area contributed by atoms with Gasteiger partial charge in [-0.1, -0.05) is 0 Å². The molecule has 0 bridgehead atoms. The van der Waals surface area contributed by atoms with Crippen molar-refractivity contribution in [1.82, 2.24) is 15.5 Å². The average Bonchev–Trinajstić information content (AvgIpc) is 2.98. The van der Waals surface area contributed by atoms with Crippen LogP contribution in [0.3, 0.4) is 0 Å². The van der Waals surface area contributed by atoms with E-state index in [4.69, 9.17) is 0 Å². The molecule has 0 saturated carbocycles. The summed E-state index contributed by atoms with van der Waals surface area (Å²) in [6.07, 6.45) is 3.56. The van der Waals surface area contributed by atoms with Crippen LogP contribution in [0, 0.1) is 5.92 Å². The van der Waals surface area contributed by atoms with E-state index in [9.17, 15) is 9.59 Å². The molecule has 0 aromatic carbocycles. The molecule has 21 heavy (non-hydrogen) atoms. The predicted octanol–water partition coefficient (Wildman–Crippen LogP) is 0.845. The van der Waals surface area contributed by atoms with Gasteiger partial charge in [0, 0.05) is 24.4 Å². The maximum absolute atomic E-state index is 11.7. The van der Waals surface area contributed by atoms with Crippen LogP contribution in [0.15, 0.2) is 0 Å². The van der Waals surface area contributed by atoms with Gasteiger partial charge in [0.25, 0.3) is 0 Å². The SMILES string of the molecule is CC(C)NC(=O)C(=O)NCC1CCN(C2CCSC2)CC1. The number of carbonyl (C=O) groups is 2. The van der Waals surface area contributed by atoms with Crippen molar-refractivity contribution in [3.8, 4) is 0 Å². The van der Waals surface area contributed by atoms with Gasteiger partial charge in [0.15, 0.2) is 0 Å². The Balaban J connectivity index is 1.64. The maximum atomic E-state index is 11.7. The first kappa shape index (κ1) is 16.6. The normalized spacial score (nSPS) is 24.2. The van der Waals surface area contributed by atoms with Crippen molar-refractivity contribution >= 4 is 23.6 Å². The smallest absolute Gasteiger partial charge is 0.309 e. The third kappa shape index (κ3) is 5.18. The summed E-state index contributed by atoms with van der Waals surface area (Å²) in [6.45, 7) is 6.58. The van der Waals surface area contributed by atoms with Gasteiger partial charge in [-0.15, -0.1) is 0 Å². The monoisotopic (exact) mass is 313 g/mol. The lowest BCUT2D eigenvalue weighted by Gasteiger charge is -2.35. The molecular weight excluding hydrogens is 286 g/mol. The second-order valence-corrected chi connectivity index (χ2v) is 7.48. The molecule has 2 amide bonds. The van der Waals surface area contributed by atoms with E-state index in [1.807, 2.05) is 13.8 Å². The number of hydrogen-bond donors (Lipinski definition) is 2. The summed E-state index contributed by atoms with van der Waals surface area (Å²) in [5, 5.41) is 5.38. The van der Waals surface area contributed by atoms with Crippen LogP contribution in [0.5, 0.6) is 0 Å². The lowest BCUT2D eigenvalue weighted by Crippen LogP contribution is -2.46. The minimum absolute atomic E-state index is 0.00392. The van der Waals surface area contributed by atoms with Crippen molar-refractivity contribution in [2.45, 2.75) is 45.2 Å². The Labute approximate surface area is 131 Å². The number of amides is 2. The Morgan fingerprint density at radius 3 is 2.48 bits per heavy atom. The molecule has 2 N–H and O–H groups in total. The van der Waals surface area contributed by atoms with Crippen molar-refractivity contribution < 1.29 is 9.59 Å². The van der Waals surface area contributed by atoms with Crippen LogP contribution < -0.4 is 10.6 Å². The van der Waals surface area contributed by atoms with E-state index >= 15 is 0 Å². The lowest BCUT2D eigenvalue weighted by atomic mass is 9.95. The second-order valence-electron chi connectivity index (χ2n) is 6.33. The number of carbonyl (C=O) groups excluding carboxylic acids is 2. The lowest BCUT2D eigenvalue weighted by molar-refractivity contribution is -0.139. The van der Waals surface area contributed by atoms with Crippen molar-refractivity contribution in [3.05, 3.63) is 0 Å². The van der Waals surface area contributed by atoms with E-state index in [2.05, 4.69) is 27.3 Å². The first-order valence-electron chi connectivity index (χ1n) is 7.96. The minimum Gasteiger partial charge on any atom is -0.348 e. The van der Waals surface area contributed by atoms with E-state index < -0.39 is 11.8 Å². The summed E-state index contributed by atoms with van der Waals surface area (Å²) in [4.78, 5) is 25.8. The quantitative estimate of drug-likeness (QED) is 0.755. The molecule has 0 aromatic heterocycles. The molecule has 5 nitrogen and oxygen atoms in total. The van der Waals surface area contributed by atoms with Gasteiger partial charge >= 0.3 is 11.8 Å². The fraction of sp³-hybridized carbons (Fsp3) is 0.867. The highest BCUT2D eigenvalue weighted by molar-refractivity contribution is 7.99. The molecule has 2 saturated heterocycles. The summed E-state index contributed by atoms with van der Waals surface area (Å²) in [6, 6.07) is 0.762. The standard InChI is InChI=1S/C15H27N3O2S/c1-11(2)17-15(20)14(19)16-9-12-3-6-18(7-4-12)13-5-8-21-10-13/h11-13H,3-10H2,1-2H3,(H,16,19)(H,17,20). The van der Waals surface area contributed by atoms with Gasteiger partial charge in [0.1, 0.15) is 0 Å². The van der Waals surface area contributed by atoms with Crippen molar-refractivity contribution in [3.63, 3.8) is 0 Å². The van der Waals surface area contributed by atoms with E-state index in [0.29, 0.717) is 12.5 Å². The van der Waals surface area contributed by atoms with E-state index in [1.165, 1.54) is 17.9 Å². The number of piperidine rings is 1. The number of rotatable bonds is 4. The van der Waals surface area contributed by atoms with Gasteiger partial charge in [0.05, 0.1) is 0 Å². The predicted molar refractivity (Wildman–Crippen MR) is 86.3 cm³/mol. The number of thioether (sulfide) groups is 1. The Kier molecular flexibility index (Phi) is 6.36. The largest absolute Gasteiger partial charge is 0.348 e. The Bertz CT molecular complexity index is 362. The first-order chi connectivity index (χ1) is 10.1. The summed E-state index contributed by atoms with van der Waals surface area (Å²) >= 11 is 2.06. The fourth-order valence-corrected chi connectivity index (χ4v) is 4.23. The van der Waals surface area contributed by atoms with E-state index in [1.54, 1.807) is 0 Å². The molecule has 2 heterocycles. The number of likely N-dealkylation sites (tertiary alicyclic amines) is 1. The molecule has 2 aliphatic rings. The fourth-order valence-electron chi connectivity index (χ4n) is 2.98. The molecule has 0 aliphatic carbocycles. The number of nitrogens with one attached hydrogen (secondary N) is 2. The minimum atomic E-state index is -0.523. The van der Waals surface area contributed by atoms with Gasteiger partial charge < -0.3 is 10.6 Å². The first-order valence-corrected chi connectivity index (χ1v) is 9.12. The van der Waals surface area contributed by atoms with Gasteiger partial charge in [-0.2, -0.15) is 11.8 Å². The molecule has 0 aromatic rings. The highest BCUT2D eigenvalue weighted by Crippen LogP contribution is 2.26. The second kappa shape index (κ2) is 8.03. The Hall–Kier alpha value is -0.750. The van der Waals surface area contributed by atoms with Gasteiger partial charge in [0.2, 0.25) is 0 Å². The van der Waals surface area contributed by atoms with E-state index in [0.717, 1.165) is 32.0 Å². The highest BCUT2D eigenvalue weighted by Gasteiger charge is 2.27. The van der Waals surface area contributed by atoms with Gasteiger partial charge in [-0.25, -0.2) is 0 Å². The summed E-state index contributed by atoms with van der Waals surface area (Å²) in [5.74, 6) is 2.05. The zero-order valence-electron chi connectivity index (χ0n) is 13.1. The van der Waals surface area contributed by atoms with Gasteiger partial charge in [-0.05, 0) is 57.9 Å². The third-order valence-corrected chi connectivity index (χ3v) is 5.39. The van der Waals surface area contributed by atoms with E-state index in [-0.39, 0.29) is 6.04 Å². The summed E-state index contributed by atoms with van der Waals surface area (Å²) < 4.78 is 0. The molecule has 2 fully saturated rings. The zero-order chi connectivity index (χ0) is 15.2. The van der Waals surface area contributed by atoms with Crippen LogP contribution in [-0.4, -0.2) is 59.9 Å². The molecule has 120 valence electrons. The summed E-state index contributed by atoms with van der Waals surface area (Å²) in [5.41, 5.74) is 0. The Morgan fingerprint density at radius 1 is 1.19 bits per heavy atom. The molecule has 0 spiro atoms. The number of nitrogens with zero attached hydrogens (tertiary/aromatic N) is 1. The topological polar surface area (TPSA) is 61.4 Å². The molecule has 0 radical (unpaired) electrons. The van der Waals surface area contributed by atoms with Crippen molar-refractivity contribution in [1.29, 1.82) is 0 Å². The van der Waals surface area contributed by atoms with Crippen LogP contribution in [-0.2, 0) is 9.59 Å². The van der Waals surface area contributed by atoms with Gasteiger partial charge in [-0.3, -0.25) is 14.5 Å². The van der Waals surface area contributed by atoms with Crippen LogP contribution >= 0.6 is 11.8 Å². The van der Waals surface area contributed by atoms with Crippen LogP contribution in [0.1, 0.15) is 33.1 Å².